The fourth-order valence-corrected chi connectivity index (χ4v) is 2.59. The maximum Gasteiger partial charge on any atom is 0.123 e. The second-order valence-electron chi connectivity index (χ2n) is 5.37. The van der Waals surface area contributed by atoms with E-state index < -0.39 is 0 Å². The third-order valence-electron chi connectivity index (χ3n) is 4.07. The fraction of sp³-hybridized carbons (Fsp3) is 0.647. The third kappa shape index (κ3) is 6.12. The summed E-state index contributed by atoms with van der Waals surface area (Å²) in [4.78, 5) is 4.79. The molecule has 3 nitrogen and oxygen atoms in total. The van der Waals surface area contributed by atoms with E-state index in [1.165, 1.54) is 6.07 Å². The molecule has 0 aliphatic heterocycles. The van der Waals surface area contributed by atoms with E-state index in [0.29, 0.717) is 6.54 Å². The molecule has 0 amide bonds. The van der Waals surface area contributed by atoms with Crippen molar-refractivity contribution >= 4 is 0 Å². The maximum atomic E-state index is 13.4. The predicted octanol–water partition coefficient (Wildman–Crippen LogP) is 2.84. The molecule has 0 fully saturated rings. The molecule has 0 radical (unpaired) electrons. The number of benzene rings is 1. The summed E-state index contributed by atoms with van der Waals surface area (Å²) in [5, 5.41) is 0. The van der Waals surface area contributed by atoms with Gasteiger partial charge in [0.1, 0.15) is 5.82 Å². The van der Waals surface area contributed by atoms with Gasteiger partial charge in [0.25, 0.3) is 0 Å². The first-order valence-electron chi connectivity index (χ1n) is 8.06. The summed E-state index contributed by atoms with van der Waals surface area (Å²) >= 11 is 0. The summed E-state index contributed by atoms with van der Waals surface area (Å²) in [6.45, 7) is 13.1. The molecular weight excluding hydrogens is 265 g/mol. The zero-order valence-corrected chi connectivity index (χ0v) is 13.7. The Morgan fingerprint density at radius 1 is 0.952 bits per heavy atom. The van der Waals surface area contributed by atoms with Crippen LogP contribution in [0.1, 0.15) is 38.3 Å². The topological polar surface area (TPSA) is 32.5 Å². The summed E-state index contributed by atoms with van der Waals surface area (Å²) in [7, 11) is 0. The quantitative estimate of drug-likeness (QED) is 0.720. The van der Waals surface area contributed by atoms with Crippen molar-refractivity contribution in [2.45, 2.75) is 40.3 Å². The summed E-state index contributed by atoms with van der Waals surface area (Å²) in [6.07, 6.45) is 1.14. The minimum Gasteiger partial charge on any atom is -0.326 e. The van der Waals surface area contributed by atoms with Crippen molar-refractivity contribution in [2.75, 3.05) is 32.7 Å². The molecular formula is C17H30FN3. The van der Waals surface area contributed by atoms with Gasteiger partial charge in [-0.2, -0.15) is 0 Å². The van der Waals surface area contributed by atoms with E-state index in [0.717, 1.165) is 56.8 Å². The minimum absolute atomic E-state index is 0.179. The zero-order valence-electron chi connectivity index (χ0n) is 13.7. The lowest BCUT2D eigenvalue weighted by molar-refractivity contribution is 0.238. The van der Waals surface area contributed by atoms with Crippen molar-refractivity contribution in [2.24, 2.45) is 5.73 Å². The van der Waals surface area contributed by atoms with Gasteiger partial charge in [-0.1, -0.05) is 26.8 Å². The molecule has 0 bridgehead atoms. The maximum absolute atomic E-state index is 13.4. The Morgan fingerprint density at radius 2 is 1.57 bits per heavy atom. The van der Waals surface area contributed by atoms with Crippen LogP contribution in [0.2, 0.25) is 0 Å². The van der Waals surface area contributed by atoms with E-state index in [2.05, 4.69) is 30.6 Å². The normalized spacial score (nSPS) is 11.6. The molecule has 0 atom stereocenters. The summed E-state index contributed by atoms with van der Waals surface area (Å²) in [5.74, 6) is -0.179. The van der Waals surface area contributed by atoms with Crippen molar-refractivity contribution in [3.05, 3.63) is 35.1 Å². The Balaban J connectivity index is 2.55. The largest absolute Gasteiger partial charge is 0.326 e. The highest BCUT2D eigenvalue weighted by atomic mass is 19.1. The molecule has 120 valence electrons. The lowest BCUT2D eigenvalue weighted by Crippen LogP contribution is -2.30. The lowest BCUT2D eigenvalue weighted by atomic mass is 10.1. The SMILES string of the molecule is CCN(CC)CCCN(CC)Cc1cc(F)ccc1CN. The van der Waals surface area contributed by atoms with Gasteiger partial charge >= 0.3 is 0 Å². The van der Waals surface area contributed by atoms with E-state index in [1.807, 2.05) is 0 Å². The van der Waals surface area contributed by atoms with Gasteiger partial charge in [-0.25, -0.2) is 4.39 Å². The van der Waals surface area contributed by atoms with E-state index in [1.54, 1.807) is 12.1 Å². The number of rotatable bonds is 10. The molecule has 1 aromatic carbocycles. The molecule has 0 saturated carbocycles. The molecule has 1 rings (SSSR count). The standard InChI is InChI=1S/C17H30FN3/c1-4-20(5-2)10-7-11-21(6-3)14-16-12-17(18)9-8-15(16)13-19/h8-9,12H,4-7,10-11,13-14,19H2,1-3H3. The highest BCUT2D eigenvalue weighted by molar-refractivity contribution is 5.27. The highest BCUT2D eigenvalue weighted by Crippen LogP contribution is 2.14. The van der Waals surface area contributed by atoms with Gasteiger partial charge in [0.15, 0.2) is 0 Å². The molecule has 1 aromatic rings. The van der Waals surface area contributed by atoms with Gasteiger partial charge in [0, 0.05) is 13.1 Å². The van der Waals surface area contributed by atoms with Crippen LogP contribution >= 0.6 is 0 Å². The van der Waals surface area contributed by atoms with Crippen molar-refractivity contribution in [1.29, 1.82) is 0 Å². The van der Waals surface area contributed by atoms with Crippen LogP contribution in [0.3, 0.4) is 0 Å². The predicted molar refractivity (Wildman–Crippen MR) is 87.6 cm³/mol. The Morgan fingerprint density at radius 3 is 2.14 bits per heavy atom. The van der Waals surface area contributed by atoms with Crippen LogP contribution < -0.4 is 5.73 Å². The number of nitrogens with two attached hydrogens (primary N) is 1. The zero-order chi connectivity index (χ0) is 15.7. The van der Waals surface area contributed by atoms with Crippen LogP contribution in [-0.4, -0.2) is 42.5 Å². The number of hydrogen-bond acceptors (Lipinski definition) is 3. The Kier molecular flexibility index (Phi) is 8.50. The Hall–Kier alpha value is -0.970. The smallest absolute Gasteiger partial charge is 0.123 e. The molecule has 0 unspecified atom stereocenters. The molecule has 0 aromatic heterocycles. The first-order chi connectivity index (χ1) is 10.1. The first kappa shape index (κ1) is 18.1. The van der Waals surface area contributed by atoms with Crippen molar-refractivity contribution in [1.82, 2.24) is 9.80 Å². The molecule has 21 heavy (non-hydrogen) atoms. The van der Waals surface area contributed by atoms with Crippen molar-refractivity contribution in [3.8, 4) is 0 Å². The van der Waals surface area contributed by atoms with Gasteiger partial charge in [0.2, 0.25) is 0 Å². The van der Waals surface area contributed by atoms with Crippen LogP contribution in [0, 0.1) is 5.82 Å². The molecule has 0 saturated heterocycles. The van der Waals surface area contributed by atoms with Gasteiger partial charge in [-0.15, -0.1) is 0 Å². The van der Waals surface area contributed by atoms with Gasteiger partial charge in [-0.3, -0.25) is 4.90 Å². The third-order valence-corrected chi connectivity index (χ3v) is 4.07. The highest BCUT2D eigenvalue weighted by Gasteiger charge is 2.09. The molecule has 2 N–H and O–H groups in total. The van der Waals surface area contributed by atoms with E-state index in [4.69, 9.17) is 5.73 Å². The number of nitrogens with zero attached hydrogens (tertiary/aromatic N) is 2. The average molecular weight is 295 g/mol. The molecule has 0 spiro atoms. The number of halogens is 1. The molecule has 0 aliphatic carbocycles. The second kappa shape index (κ2) is 9.87. The van der Waals surface area contributed by atoms with Gasteiger partial charge < -0.3 is 10.6 Å². The van der Waals surface area contributed by atoms with Crippen molar-refractivity contribution in [3.63, 3.8) is 0 Å². The van der Waals surface area contributed by atoms with Crippen LogP contribution in [0.5, 0.6) is 0 Å². The Labute approximate surface area is 128 Å². The van der Waals surface area contributed by atoms with E-state index in [-0.39, 0.29) is 5.82 Å². The molecule has 4 heteroatoms. The summed E-state index contributed by atoms with van der Waals surface area (Å²) in [5.41, 5.74) is 7.80. The minimum atomic E-state index is -0.179. The van der Waals surface area contributed by atoms with Crippen molar-refractivity contribution < 1.29 is 4.39 Å². The first-order valence-corrected chi connectivity index (χ1v) is 8.06. The summed E-state index contributed by atoms with van der Waals surface area (Å²) < 4.78 is 13.4. The van der Waals surface area contributed by atoms with Crippen LogP contribution in [0.25, 0.3) is 0 Å². The lowest BCUT2D eigenvalue weighted by Gasteiger charge is -2.24. The van der Waals surface area contributed by atoms with Gasteiger partial charge in [0.05, 0.1) is 0 Å². The second-order valence-corrected chi connectivity index (χ2v) is 5.37. The van der Waals surface area contributed by atoms with Crippen LogP contribution in [-0.2, 0) is 13.1 Å². The van der Waals surface area contributed by atoms with Gasteiger partial charge in [-0.05, 0) is 62.4 Å². The van der Waals surface area contributed by atoms with Crippen LogP contribution in [0.15, 0.2) is 18.2 Å². The monoisotopic (exact) mass is 295 g/mol. The summed E-state index contributed by atoms with van der Waals surface area (Å²) in [6, 6.07) is 4.91. The molecule has 0 heterocycles. The Bertz CT molecular complexity index is 405. The number of hydrogen-bond donors (Lipinski definition) is 1. The van der Waals surface area contributed by atoms with Crippen LogP contribution in [0.4, 0.5) is 4.39 Å². The fourth-order valence-electron chi connectivity index (χ4n) is 2.59. The van der Waals surface area contributed by atoms with E-state index >= 15 is 0 Å². The average Bonchev–Trinajstić information content (AvgIpc) is 2.50. The van der Waals surface area contributed by atoms with E-state index in [9.17, 15) is 4.39 Å². The molecule has 0 aliphatic rings.